The van der Waals surface area contributed by atoms with E-state index >= 15 is 0 Å². The number of rotatable bonds is 3. The van der Waals surface area contributed by atoms with Crippen LogP contribution in [0.2, 0.25) is 0 Å². The van der Waals surface area contributed by atoms with Gasteiger partial charge in [0.25, 0.3) is 5.91 Å². The normalized spacial score (nSPS) is 20.7. The number of anilines is 1. The number of nitrogens with zero attached hydrogens (tertiary/aromatic N) is 2. The summed E-state index contributed by atoms with van der Waals surface area (Å²) >= 11 is 1.97. The van der Waals surface area contributed by atoms with E-state index in [-0.39, 0.29) is 11.8 Å². The van der Waals surface area contributed by atoms with Crippen LogP contribution in [0.1, 0.15) is 49.0 Å². The summed E-state index contributed by atoms with van der Waals surface area (Å²) in [6.45, 7) is 6.21. The van der Waals surface area contributed by atoms with Crippen molar-refractivity contribution in [1.82, 2.24) is 4.90 Å². The van der Waals surface area contributed by atoms with Crippen LogP contribution in [0.4, 0.5) is 5.69 Å². The molecule has 2 aliphatic heterocycles. The zero-order valence-corrected chi connectivity index (χ0v) is 15.4. The maximum absolute atomic E-state index is 13.0. The molecule has 130 valence electrons. The third kappa shape index (κ3) is 3.61. The Morgan fingerprint density at radius 1 is 1.25 bits per heavy atom. The molecule has 1 aromatic rings. The summed E-state index contributed by atoms with van der Waals surface area (Å²) in [6, 6.07) is 5.82. The summed E-state index contributed by atoms with van der Waals surface area (Å²) < 4.78 is 0. The molecule has 0 radical (unpaired) electrons. The average Bonchev–Trinajstić information content (AvgIpc) is 2.86. The topological polar surface area (TPSA) is 40.6 Å². The number of carbonyl (C=O) groups is 2. The van der Waals surface area contributed by atoms with E-state index < -0.39 is 0 Å². The van der Waals surface area contributed by atoms with Crippen molar-refractivity contribution in [3.63, 3.8) is 0 Å². The van der Waals surface area contributed by atoms with Crippen molar-refractivity contribution in [2.75, 3.05) is 30.3 Å². The second-order valence-corrected chi connectivity index (χ2v) is 8.17. The Morgan fingerprint density at radius 3 is 2.83 bits per heavy atom. The molecule has 0 saturated carbocycles. The molecule has 3 rings (SSSR count). The number of thioether (sulfide) groups is 1. The van der Waals surface area contributed by atoms with Gasteiger partial charge >= 0.3 is 0 Å². The van der Waals surface area contributed by atoms with Crippen LogP contribution in [-0.4, -0.2) is 47.4 Å². The number of hydrogen-bond donors (Lipinski definition) is 0. The maximum atomic E-state index is 13.0. The van der Waals surface area contributed by atoms with Crippen molar-refractivity contribution in [3.8, 4) is 0 Å². The van der Waals surface area contributed by atoms with Gasteiger partial charge in [-0.25, -0.2) is 0 Å². The molecule has 1 fully saturated rings. The smallest absolute Gasteiger partial charge is 0.253 e. The Hall–Kier alpha value is -1.49. The maximum Gasteiger partial charge on any atom is 0.253 e. The molecule has 0 spiro atoms. The van der Waals surface area contributed by atoms with Gasteiger partial charge in [-0.3, -0.25) is 9.59 Å². The van der Waals surface area contributed by atoms with Crippen molar-refractivity contribution < 1.29 is 9.59 Å². The fraction of sp³-hybridized carbons (Fsp3) is 0.579. The number of benzene rings is 1. The number of amides is 2. The van der Waals surface area contributed by atoms with Crippen LogP contribution in [0.15, 0.2) is 18.2 Å². The largest absolute Gasteiger partial charge is 0.338 e. The molecular weight excluding hydrogens is 320 g/mol. The highest BCUT2D eigenvalue weighted by Gasteiger charge is 2.26. The molecule has 1 saturated heterocycles. The first-order valence-corrected chi connectivity index (χ1v) is 9.97. The van der Waals surface area contributed by atoms with Crippen molar-refractivity contribution >= 4 is 29.3 Å². The molecule has 2 heterocycles. The molecule has 1 unspecified atom stereocenters. The molecule has 24 heavy (non-hydrogen) atoms. The van der Waals surface area contributed by atoms with Crippen LogP contribution in [0.5, 0.6) is 0 Å². The fourth-order valence-electron chi connectivity index (χ4n) is 3.70. The molecule has 1 aromatic carbocycles. The second-order valence-electron chi connectivity index (χ2n) is 6.59. The van der Waals surface area contributed by atoms with E-state index in [0.717, 1.165) is 55.0 Å². The van der Waals surface area contributed by atoms with Crippen molar-refractivity contribution in [2.24, 2.45) is 0 Å². The Kier molecular flexibility index (Phi) is 5.49. The highest BCUT2D eigenvalue weighted by molar-refractivity contribution is 7.99. The zero-order chi connectivity index (χ0) is 17.1. The summed E-state index contributed by atoms with van der Waals surface area (Å²) in [7, 11) is 0. The van der Waals surface area contributed by atoms with Gasteiger partial charge in [0.15, 0.2) is 0 Å². The van der Waals surface area contributed by atoms with Crippen molar-refractivity contribution in [2.45, 2.75) is 44.8 Å². The first-order valence-electron chi connectivity index (χ1n) is 8.92. The van der Waals surface area contributed by atoms with Gasteiger partial charge in [0.05, 0.1) is 0 Å². The molecule has 4 nitrogen and oxygen atoms in total. The van der Waals surface area contributed by atoms with E-state index in [1.165, 1.54) is 12.8 Å². The third-order valence-corrected chi connectivity index (χ3v) is 6.11. The SMILES string of the molecule is CCSC1CCCCN(C(=O)c2ccc3c(c2)CCN3C(C)=O)C1. The average molecular weight is 346 g/mol. The van der Waals surface area contributed by atoms with Gasteiger partial charge in [-0.15, -0.1) is 0 Å². The summed E-state index contributed by atoms with van der Waals surface area (Å²) in [5.74, 6) is 1.31. The predicted octanol–water partition coefficient (Wildman–Crippen LogP) is 3.34. The lowest BCUT2D eigenvalue weighted by Gasteiger charge is -2.24. The monoisotopic (exact) mass is 346 g/mol. The van der Waals surface area contributed by atoms with Gasteiger partial charge in [-0.05, 0) is 48.8 Å². The van der Waals surface area contributed by atoms with Gasteiger partial charge < -0.3 is 9.80 Å². The van der Waals surface area contributed by atoms with Crippen LogP contribution >= 0.6 is 11.8 Å². The van der Waals surface area contributed by atoms with Gasteiger partial charge in [0.1, 0.15) is 0 Å². The van der Waals surface area contributed by atoms with E-state index in [1.807, 2.05) is 34.9 Å². The highest BCUT2D eigenvalue weighted by Crippen LogP contribution is 2.30. The number of fused-ring (bicyclic) bond motifs is 1. The Morgan fingerprint density at radius 2 is 2.08 bits per heavy atom. The van der Waals surface area contributed by atoms with Crippen molar-refractivity contribution in [3.05, 3.63) is 29.3 Å². The first-order chi connectivity index (χ1) is 11.6. The molecule has 2 aliphatic rings. The predicted molar refractivity (Wildman–Crippen MR) is 99.8 cm³/mol. The number of carbonyl (C=O) groups excluding carboxylic acids is 2. The Labute approximate surface area is 148 Å². The van der Waals surface area contributed by atoms with E-state index in [0.29, 0.717) is 5.25 Å². The fourth-order valence-corrected chi connectivity index (χ4v) is 4.79. The number of hydrogen-bond acceptors (Lipinski definition) is 3. The third-order valence-electron chi connectivity index (χ3n) is 4.92. The summed E-state index contributed by atoms with van der Waals surface area (Å²) in [5, 5.41) is 0.559. The van der Waals surface area contributed by atoms with Crippen molar-refractivity contribution in [1.29, 1.82) is 0 Å². The highest BCUT2D eigenvalue weighted by atomic mass is 32.2. The molecule has 0 aliphatic carbocycles. The molecule has 1 atom stereocenters. The van der Waals surface area contributed by atoms with E-state index in [9.17, 15) is 9.59 Å². The lowest BCUT2D eigenvalue weighted by molar-refractivity contribution is -0.116. The molecule has 0 aromatic heterocycles. The van der Waals surface area contributed by atoms with Crippen LogP contribution in [0.25, 0.3) is 0 Å². The Bertz CT molecular complexity index is 632. The molecule has 5 heteroatoms. The van der Waals surface area contributed by atoms with Crippen LogP contribution in [0.3, 0.4) is 0 Å². The Balaban J connectivity index is 1.76. The van der Waals surface area contributed by atoms with E-state index in [1.54, 1.807) is 11.8 Å². The summed E-state index contributed by atoms with van der Waals surface area (Å²) in [4.78, 5) is 28.4. The van der Waals surface area contributed by atoms with Gasteiger partial charge in [0.2, 0.25) is 5.91 Å². The molecule has 2 amide bonds. The second kappa shape index (κ2) is 7.60. The van der Waals surface area contributed by atoms with Gasteiger partial charge in [-0.2, -0.15) is 11.8 Å². The van der Waals surface area contributed by atoms with E-state index in [2.05, 4.69) is 6.92 Å². The van der Waals surface area contributed by atoms with Crippen LogP contribution in [0, 0.1) is 0 Å². The molecular formula is C19H26N2O2S. The van der Waals surface area contributed by atoms with E-state index in [4.69, 9.17) is 0 Å². The van der Waals surface area contributed by atoms with Crippen LogP contribution < -0.4 is 4.90 Å². The zero-order valence-electron chi connectivity index (χ0n) is 14.6. The molecule has 0 bridgehead atoms. The minimum Gasteiger partial charge on any atom is -0.338 e. The first kappa shape index (κ1) is 17.3. The summed E-state index contributed by atoms with van der Waals surface area (Å²) in [6.07, 6.45) is 4.35. The standard InChI is InChI=1S/C19H26N2O2S/c1-3-24-17-6-4-5-10-20(13-17)19(23)16-7-8-18-15(12-16)9-11-21(18)14(2)22/h7-8,12,17H,3-6,9-11,13H2,1-2H3. The summed E-state index contributed by atoms with van der Waals surface area (Å²) in [5.41, 5.74) is 2.85. The minimum absolute atomic E-state index is 0.0692. The van der Waals surface area contributed by atoms with Gasteiger partial charge in [0, 0.05) is 43.1 Å². The van der Waals surface area contributed by atoms with Gasteiger partial charge in [-0.1, -0.05) is 13.3 Å². The lowest BCUT2D eigenvalue weighted by atomic mass is 10.1. The van der Waals surface area contributed by atoms with Crippen LogP contribution in [-0.2, 0) is 11.2 Å². The molecule has 0 N–H and O–H groups in total. The number of likely N-dealkylation sites (tertiary alicyclic amines) is 1. The quantitative estimate of drug-likeness (QED) is 0.843. The lowest BCUT2D eigenvalue weighted by Crippen LogP contribution is -2.35. The minimum atomic E-state index is 0.0692.